The molecule has 26 heavy (non-hydrogen) atoms. The van der Waals surface area contributed by atoms with Crippen LogP contribution in [0.5, 0.6) is 0 Å². The standard InChI is InChI=1S/C21H18N4S/c1-26-21-17(12-22)20(16-7-3-5-9-19(16)25-21)23-11-10-14-13-24-18-8-4-2-6-15(14)18/h2-9,13,24H,10-11H2,1H3,(H,23,25). The molecule has 0 bridgehead atoms. The number of hydrogen-bond acceptors (Lipinski definition) is 4. The Kier molecular flexibility index (Phi) is 4.51. The molecule has 5 heteroatoms. The molecule has 128 valence electrons. The quantitative estimate of drug-likeness (QED) is 0.495. The summed E-state index contributed by atoms with van der Waals surface area (Å²) in [4.78, 5) is 7.93. The third kappa shape index (κ3) is 2.89. The van der Waals surface area contributed by atoms with Crippen LogP contribution >= 0.6 is 11.8 Å². The van der Waals surface area contributed by atoms with Crippen molar-refractivity contribution < 1.29 is 0 Å². The lowest BCUT2D eigenvalue weighted by Gasteiger charge is -2.13. The summed E-state index contributed by atoms with van der Waals surface area (Å²) in [5, 5.41) is 16.2. The van der Waals surface area contributed by atoms with Crippen molar-refractivity contribution >= 4 is 39.3 Å². The molecule has 0 aliphatic carbocycles. The lowest BCUT2D eigenvalue weighted by Crippen LogP contribution is -2.08. The van der Waals surface area contributed by atoms with E-state index in [2.05, 4.69) is 45.7 Å². The van der Waals surface area contributed by atoms with Crippen molar-refractivity contribution in [2.24, 2.45) is 0 Å². The SMILES string of the molecule is CSc1nc2ccccc2c(NCCc2c[nH]c3ccccc23)c1C#N. The van der Waals surface area contributed by atoms with E-state index in [4.69, 9.17) is 0 Å². The highest BCUT2D eigenvalue weighted by Crippen LogP contribution is 2.32. The fourth-order valence-corrected chi connectivity index (χ4v) is 3.83. The monoisotopic (exact) mass is 358 g/mol. The molecule has 4 aromatic rings. The van der Waals surface area contributed by atoms with Gasteiger partial charge in [-0.3, -0.25) is 0 Å². The number of H-pyrrole nitrogens is 1. The Bertz CT molecular complexity index is 1120. The first-order valence-corrected chi connectivity index (χ1v) is 9.70. The van der Waals surface area contributed by atoms with Gasteiger partial charge in [0.25, 0.3) is 0 Å². The zero-order valence-electron chi connectivity index (χ0n) is 14.4. The Morgan fingerprint density at radius 2 is 1.88 bits per heavy atom. The van der Waals surface area contributed by atoms with E-state index >= 15 is 0 Å². The summed E-state index contributed by atoms with van der Waals surface area (Å²) < 4.78 is 0. The molecular formula is C21H18N4S. The molecule has 0 aliphatic rings. The molecule has 0 spiro atoms. The topological polar surface area (TPSA) is 64.5 Å². The number of anilines is 1. The number of benzene rings is 2. The smallest absolute Gasteiger partial charge is 0.116 e. The van der Waals surface area contributed by atoms with Crippen molar-refractivity contribution in [1.82, 2.24) is 9.97 Å². The van der Waals surface area contributed by atoms with Gasteiger partial charge >= 0.3 is 0 Å². The highest BCUT2D eigenvalue weighted by Gasteiger charge is 2.14. The van der Waals surface area contributed by atoms with E-state index in [1.807, 2.05) is 36.6 Å². The molecule has 0 saturated heterocycles. The summed E-state index contributed by atoms with van der Waals surface area (Å²) in [6, 6.07) is 18.6. The first kappa shape index (κ1) is 16.5. The van der Waals surface area contributed by atoms with Crippen molar-refractivity contribution in [1.29, 1.82) is 5.26 Å². The van der Waals surface area contributed by atoms with Crippen LogP contribution in [-0.4, -0.2) is 22.8 Å². The maximum Gasteiger partial charge on any atom is 0.116 e. The van der Waals surface area contributed by atoms with Gasteiger partial charge in [0.15, 0.2) is 0 Å². The van der Waals surface area contributed by atoms with E-state index in [9.17, 15) is 5.26 Å². The molecule has 0 radical (unpaired) electrons. The number of para-hydroxylation sites is 2. The highest BCUT2D eigenvalue weighted by atomic mass is 32.2. The van der Waals surface area contributed by atoms with Gasteiger partial charge in [-0.2, -0.15) is 5.26 Å². The van der Waals surface area contributed by atoms with Gasteiger partial charge in [-0.25, -0.2) is 4.98 Å². The van der Waals surface area contributed by atoms with Crippen LogP contribution in [0.15, 0.2) is 59.8 Å². The Morgan fingerprint density at radius 1 is 1.12 bits per heavy atom. The van der Waals surface area contributed by atoms with E-state index < -0.39 is 0 Å². The largest absolute Gasteiger partial charge is 0.383 e. The number of hydrogen-bond donors (Lipinski definition) is 2. The van der Waals surface area contributed by atoms with Crippen LogP contribution in [0, 0.1) is 11.3 Å². The van der Waals surface area contributed by atoms with Crippen LogP contribution in [0.25, 0.3) is 21.8 Å². The average Bonchev–Trinajstić information content (AvgIpc) is 3.10. The van der Waals surface area contributed by atoms with Gasteiger partial charge in [0, 0.05) is 29.0 Å². The van der Waals surface area contributed by atoms with E-state index in [-0.39, 0.29) is 0 Å². The number of pyridine rings is 1. The van der Waals surface area contributed by atoms with Crippen molar-refractivity contribution in [3.8, 4) is 6.07 Å². The lowest BCUT2D eigenvalue weighted by molar-refractivity contribution is 1.02. The third-order valence-electron chi connectivity index (χ3n) is 4.54. The van der Waals surface area contributed by atoms with Gasteiger partial charge < -0.3 is 10.3 Å². The van der Waals surface area contributed by atoms with Gasteiger partial charge in [-0.15, -0.1) is 11.8 Å². The zero-order chi connectivity index (χ0) is 17.9. The maximum absolute atomic E-state index is 9.67. The molecule has 2 aromatic heterocycles. The lowest BCUT2D eigenvalue weighted by atomic mass is 10.1. The maximum atomic E-state index is 9.67. The van der Waals surface area contributed by atoms with Gasteiger partial charge in [0.05, 0.1) is 11.2 Å². The summed E-state index contributed by atoms with van der Waals surface area (Å²) in [6.45, 7) is 0.748. The van der Waals surface area contributed by atoms with Crippen molar-refractivity contribution in [3.63, 3.8) is 0 Å². The van der Waals surface area contributed by atoms with E-state index in [1.54, 1.807) is 0 Å². The number of nitrogens with zero attached hydrogens (tertiary/aromatic N) is 2. The van der Waals surface area contributed by atoms with Crippen molar-refractivity contribution in [2.75, 3.05) is 18.1 Å². The molecule has 0 fully saturated rings. The van der Waals surface area contributed by atoms with Crippen LogP contribution < -0.4 is 5.32 Å². The molecular weight excluding hydrogens is 340 g/mol. The molecule has 0 unspecified atom stereocenters. The van der Waals surface area contributed by atoms with Crippen molar-refractivity contribution in [3.05, 3.63) is 65.9 Å². The van der Waals surface area contributed by atoms with Crippen LogP contribution in [0.2, 0.25) is 0 Å². The minimum Gasteiger partial charge on any atom is -0.383 e. The Balaban J connectivity index is 1.65. The molecule has 0 atom stereocenters. The van der Waals surface area contributed by atoms with Crippen LogP contribution in [0.4, 0.5) is 5.69 Å². The van der Waals surface area contributed by atoms with Gasteiger partial charge in [-0.1, -0.05) is 36.4 Å². The number of nitrogens with one attached hydrogen (secondary N) is 2. The van der Waals surface area contributed by atoms with E-state index in [0.29, 0.717) is 5.56 Å². The Morgan fingerprint density at radius 3 is 2.69 bits per heavy atom. The average molecular weight is 358 g/mol. The predicted octanol–water partition coefficient (Wildman–Crippen LogP) is 4.96. The number of fused-ring (bicyclic) bond motifs is 2. The Hall–Kier alpha value is -2.97. The van der Waals surface area contributed by atoms with Gasteiger partial charge in [-0.05, 0) is 30.4 Å². The molecule has 4 rings (SSSR count). The second-order valence-electron chi connectivity index (χ2n) is 6.04. The second-order valence-corrected chi connectivity index (χ2v) is 6.83. The number of nitriles is 1. The molecule has 4 nitrogen and oxygen atoms in total. The summed E-state index contributed by atoms with van der Waals surface area (Å²) in [6.07, 6.45) is 4.89. The fourth-order valence-electron chi connectivity index (χ4n) is 3.29. The van der Waals surface area contributed by atoms with E-state index in [0.717, 1.165) is 40.1 Å². The molecule has 2 N–H and O–H groups in total. The minimum absolute atomic E-state index is 0.620. The zero-order valence-corrected chi connectivity index (χ0v) is 15.2. The molecule has 0 amide bonds. The van der Waals surface area contributed by atoms with Gasteiger partial charge in [0.1, 0.15) is 16.7 Å². The third-order valence-corrected chi connectivity index (χ3v) is 5.22. The number of aromatic amines is 1. The van der Waals surface area contributed by atoms with Crippen LogP contribution in [0.3, 0.4) is 0 Å². The summed E-state index contributed by atoms with van der Waals surface area (Å²) in [5.74, 6) is 0. The number of aromatic nitrogens is 2. The molecule has 0 saturated carbocycles. The molecule has 0 aliphatic heterocycles. The minimum atomic E-state index is 0.620. The molecule has 2 heterocycles. The number of rotatable bonds is 5. The second kappa shape index (κ2) is 7.11. The first-order valence-electron chi connectivity index (χ1n) is 8.47. The highest BCUT2D eigenvalue weighted by molar-refractivity contribution is 7.98. The molecule has 2 aromatic carbocycles. The summed E-state index contributed by atoms with van der Waals surface area (Å²) >= 11 is 1.50. The van der Waals surface area contributed by atoms with Gasteiger partial charge in [0.2, 0.25) is 0 Å². The predicted molar refractivity (Wildman–Crippen MR) is 109 cm³/mol. The normalized spacial score (nSPS) is 10.9. The van der Waals surface area contributed by atoms with Crippen LogP contribution in [0.1, 0.15) is 11.1 Å². The van der Waals surface area contributed by atoms with Crippen LogP contribution in [-0.2, 0) is 6.42 Å². The summed E-state index contributed by atoms with van der Waals surface area (Å²) in [7, 11) is 0. The fraction of sp³-hybridized carbons (Fsp3) is 0.143. The summed E-state index contributed by atoms with van der Waals surface area (Å²) in [5.41, 5.74) is 4.83. The van der Waals surface area contributed by atoms with E-state index in [1.165, 1.54) is 22.7 Å². The first-order chi connectivity index (χ1) is 12.8. The van der Waals surface area contributed by atoms with Crippen molar-refractivity contribution in [2.45, 2.75) is 11.4 Å². The Labute approximate surface area is 156 Å². The number of thioether (sulfide) groups is 1.